The predicted octanol–water partition coefficient (Wildman–Crippen LogP) is 4.86. The van der Waals surface area contributed by atoms with Crippen LogP contribution in [0.1, 0.15) is 11.1 Å². The quantitative estimate of drug-likeness (QED) is 0.504. The molecule has 0 aliphatic carbocycles. The topological polar surface area (TPSA) is 66.5 Å². The van der Waals surface area contributed by atoms with E-state index in [-0.39, 0.29) is 11.4 Å². The summed E-state index contributed by atoms with van der Waals surface area (Å²) in [5.74, 6) is -0.409. The number of anilines is 1. The third-order valence-electron chi connectivity index (χ3n) is 4.78. The fourth-order valence-electron chi connectivity index (χ4n) is 3.07. The molecule has 3 rings (SSSR count). The predicted molar refractivity (Wildman–Crippen MR) is 125 cm³/mol. The molecular formula is C23H22Cl2N2O3S. The van der Waals surface area contributed by atoms with Crippen LogP contribution in [-0.2, 0) is 21.2 Å². The van der Waals surface area contributed by atoms with Crippen molar-refractivity contribution in [3.63, 3.8) is 0 Å². The van der Waals surface area contributed by atoms with Crippen LogP contribution in [0, 0.1) is 6.92 Å². The highest BCUT2D eigenvalue weighted by molar-refractivity contribution is 7.92. The molecule has 0 heterocycles. The Hall–Kier alpha value is -2.54. The lowest BCUT2D eigenvalue weighted by molar-refractivity contribution is -0.119. The van der Waals surface area contributed by atoms with Crippen molar-refractivity contribution in [3.8, 4) is 0 Å². The van der Waals surface area contributed by atoms with Crippen LogP contribution < -0.4 is 9.62 Å². The number of carbonyl (C=O) groups is 1. The number of amides is 1. The van der Waals surface area contributed by atoms with Crippen LogP contribution in [0.5, 0.6) is 0 Å². The molecule has 162 valence electrons. The van der Waals surface area contributed by atoms with Crippen LogP contribution in [0.15, 0.2) is 77.7 Å². The molecular weight excluding hydrogens is 455 g/mol. The van der Waals surface area contributed by atoms with Gasteiger partial charge in [-0.1, -0.05) is 59.6 Å². The Labute approximate surface area is 192 Å². The van der Waals surface area contributed by atoms with E-state index in [2.05, 4.69) is 5.32 Å². The first-order chi connectivity index (χ1) is 14.8. The fraction of sp³-hybridized carbons (Fsp3) is 0.174. The van der Waals surface area contributed by atoms with Gasteiger partial charge >= 0.3 is 0 Å². The molecule has 1 amide bonds. The van der Waals surface area contributed by atoms with Crippen LogP contribution >= 0.6 is 23.2 Å². The smallest absolute Gasteiger partial charge is 0.264 e. The standard InChI is InChI=1S/C23H22Cl2N2O3S/c1-17-21(25)8-5-9-22(17)27(31(29,30)20-6-3-2-4-7-20)16-23(28)26-15-14-18-10-12-19(24)13-11-18/h2-13H,14-16H2,1H3,(H,26,28). The maximum Gasteiger partial charge on any atom is 0.264 e. The second kappa shape index (κ2) is 10.2. The lowest BCUT2D eigenvalue weighted by Crippen LogP contribution is -2.41. The van der Waals surface area contributed by atoms with Crippen molar-refractivity contribution < 1.29 is 13.2 Å². The van der Waals surface area contributed by atoms with E-state index in [4.69, 9.17) is 23.2 Å². The van der Waals surface area contributed by atoms with Gasteiger partial charge in [0.15, 0.2) is 0 Å². The van der Waals surface area contributed by atoms with Gasteiger partial charge in [0.25, 0.3) is 10.0 Å². The molecule has 5 nitrogen and oxygen atoms in total. The first-order valence-electron chi connectivity index (χ1n) is 9.63. The number of nitrogens with one attached hydrogen (secondary N) is 1. The molecule has 0 atom stereocenters. The highest BCUT2D eigenvalue weighted by atomic mass is 35.5. The van der Waals surface area contributed by atoms with E-state index in [1.165, 1.54) is 12.1 Å². The Morgan fingerprint density at radius 2 is 1.61 bits per heavy atom. The summed E-state index contributed by atoms with van der Waals surface area (Å²) in [4.78, 5) is 12.8. The van der Waals surface area contributed by atoms with Gasteiger partial charge in [0.1, 0.15) is 6.54 Å². The summed E-state index contributed by atoms with van der Waals surface area (Å²) in [5.41, 5.74) is 1.96. The SMILES string of the molecule is Cc1c(Cl)cccc1N(CC(=O)NCCc1ccc(Cl)cc1)S(=O)(=O)c1ccccc1. The Balaban J connectivity index is 1.80. The van der Waals surface area contributed by atoms with Gasteiger partial charge in [-0.05, 0) is 60.9 Å². The summed E-state index contributed by atoms with van der Waals surface area (Å²) in [7, 11) is -3.97. The Morgan fingerprint density at radius 1 is 0.935 bits per heavy atom. The van der Waals surface area contributed by atoms with Crippen LogP contribution in [0.4, 0.5) is 5.69 Å². The van der Waals surface area contributed by atoms with Crippen LogP contribution in [0.2, 0.25) is 10.0 Å². The third-order valence-corrected chi connectivity index (χ3v) is 7.21. The molecule has 1 N–H and O–H groups in total. The molecule has 0 aliphatic rings. The van der Waals surface area contributed by atoms with E-state index in [0.29, 0.717) is 34.3 Å². The summed E-state index contributed by atoms with van der Waals surface area (Å²) in [5, 5.41) is 3.86. The number of hydrogen-bond donors (Lipinski definition) is 1. The maximum absolute atomic E-state index is 13.3. The largest absolute Gasteiger partial charge is 0.354 e. The number of benzene rings is 3. The van der Waals surface area contributed by atoms with E-state index < -0.39 is 15.9 Å². The zero-order valence-corrected chi connectivity index (χ0v) is 19.2. The van der Waals surface area contributed by atoms with Crippen molar-refractivity contribution in [2.24, 2.45) is 0 Å². The van der Waals surface area contributed by atoms with Crippen LogP contribution in [0.25, 0.3) is 0 Å². The van der Waals surface area contributed by atoms with E-state index >= 15 is 0 Å². The van der Waals surface area contributed by atoms with Crippen molar-refractivity contribution in [3.05, 3.63) is 94.0 Å². The molecule has 31 heavy (non-hydrogen) atoms. The molecule has 0 bridgehead atoms. The molecule has 8 heteroatoms. The first kappa shape index (κ1) is 23.1. The average Bonchev–Trinajstić information content (AvgIpc) is 2.76. The summed E-state index contributed by atoms with van der Waals surface area (Å²) in [6.07, 6.45) is 0.602. The lowest BCUT2D eigenvalue weighted by Gasteiger charge is -2.26. The number of rotatable bonds is 8. The fourth-order valence-corrected chi connectivity index (χ4v) is 4.86. The molecule has 0 fully saturated rings. The van der Waals surface area contributed by atoms with Crippen molar-refractivity contribution in [2.45, 2.75) is 18.2 Å². The van der Waals surface area contributed by atoms with Gasteiger partial charge in [-0.2, -0.15) is 0 Å². The summed E-state index contributed by atoms with van der Waals surface area (Å²) < 4.78 is 27.8. The van der Waals surface area contributed by atoms with Crippen molar-refractivity contribution in [2.75, 3.05) is 17.4 Å². The zero-order valence-electron chi connectivity index (χ0n) is 16.9. The monoisotopic (exact) mass is 476 g/mol. The molecule has 0 unspecified atom stereocenters. The summed E-state index contributed by atoms with van der Waals surface area (Å²) in [6, 6.07) is 20.3. The highest BCUT2D eigenvalue weighted by Crippen LogP contribution is 2.30. The van der Waals surface area contributed by atoms with Gasteiger partial charge in [0, 0.05) is 16.6 Å². The van der Waals surface area contributed by atoms with Crippen molar-refractivity contribution in [1.82, 2.24) is 5.32 Å². The molecule has 0 aliphatic heterocycles. The van der Waals surface area contributed by atoms with Gasteiger partial charge in [0.05, 0.1) is 10.6 Å². The lowest BCUT2D eigenvalue weighted by atomic mass is 10.1. The maximum atomic E-state index is 13.3. The van der Waals surface area contributed by atoms with Crippen LogP contribution in [-0.4, -0.2) is 27.4 Å². The minimum atomic E-state index is -3.97. The first-order valence-corrected chi connectivity index (χ1v) is 11.8. The van der Waals surface area contributed by atoms with E-state index in [1.807, 2.05) is 12.1 Å². The summed E-state index contributed by atoms with van der Waals surface area (Å²) in [6.45, 7) is 1.73. The molecule has 0 saturated carbocycles. The van der Waals surface area contributed by atoms with Crippen LogP contribution in [0.3, 0.4) is 0 Å². The second-order valence-electron chi connectivity index (χ2n) is 6.94. The minimum Gasteiger partial charge on any atom is -0.354 e. The van der Waals surface area contributed by atoms with Gasteiger partial charge in [-0.15, -0.1) is 0 Å². The molecule has 0 radical (unpaired) electrons. The molecule has 0 saturated heterocycles. The number of hydrogen-bond acceptors (Lipinski definition) is 3. The number of halogens is 2. The van der Waals surface area contributed by atoms with Gasteiger partial charge in [-0.3, -0.25) is 9.10 Å². The highest BCUT2D eigenvalue weighted by Gasteiger charge is 2.28. The second-order valence-corrected chi connectivity index (χ2v) is 9.64. The number of carbonyl (C=O) groups excluding carboxylic acids is 1. The van der Waals surface area contributed by atoms with E-state index in [9.17, 15) is 13.2 Å². The molecule has 0 aromatic heterocycles. The third kappa shape index (κ3) is 5.79. The normalized spacial score (nSPS) is 11.2. The Bertz CT molecular complexity index is 1150. The van der Waals surface area contributed by atoms with Crippen molar-refractivity contribution in [1.29, 1.82) is 0 Å². The number of nitrogens with zero attached hydrogens (tertiary/aromatic N) is 1. The Morgan fingerprint density at radius 3 is 2.29 bits per heavy atom. The zero-order chi connectivity index (χ0) is 22.4. The minimum absolute atomic E-state index is 0.100. The Kier molecular flexibility index (Phi) is 7.59. The summed E-state index contributed by atoms with van der Waals surface area (Å²) >= 11 is 12.1. The van der Waals surface area contributed by atoms with E-state index in [1.54, 1.807) is 55.5 Å². The van der Waals surface area contributed by atoms with Crippen molar-refractivity contribution >= 4 is 44.8 Å². The van der Waals surface area contributed by atoms with Gasteiger partial charge in [0.2, 0.25) is 5.91 Å². The number of sulfonamides is 1. The van der Waals surface area contributed by atoms with Gasteiger partial charge < -0.3 is 5.32 Å². The molecule has 0 spiro atoms. The average molecular weight is 477 g/mol. The molecule has 3 aromatic carbocycles. The van der Waals surface area contributed by atoms with E-state index in [0.717, 1.165) is 9.87 Å². The molecule has 3 aromatic rings. The van der Waals surface area contributed by atoms with Gasteiger partial charge in [-0.25, -0.2) is 8.42 Å².